The number of aliphatic hydroxyl groups excluding tert-OH is 1. The first-order chi connectivity index (χ1) is 5.11. The van der Waals surface area contributed by atoms with E-state index in [2.05, 4.69) is 0 Å². The lowest BCUT2D eigenvalue weighted by Crippen LogP contribution is -1.94. The van der Waals surface area contributed by atoms with Crippen LogP contribution in [0.1, 0.15) is 18.6 Å². The molecule has 0 aliphatic carbocycles. The number of hydrogen-bond donors (Lipinski definition) is 1. The van der Waals surface area contributed by atoms with E-state index in [4.69, 9.17) is 5.11 Å². The van der Waals surface area contributed by atoms with Gasteiger partial charge in [-0.05, 0) is 47.2 Å². The van der Waals surface area contributed by atoms with Crippen molar-refractivity contribution < 1.29 is 9.50 Å². The molecular weight excluding hydrogens is 258 g/mol. The summed E-state index contributed by atoms with van der Waals surface area (Å²) in [6.07, 6.45) is -0.525. The summed E-state index contributed by atoms with van der Waals surface area (Å²) in [5.74, 6) is -0.265. The fourth-order valence-corrected chi connectivity index (χ4v) is 1.77. The summed E-state index contributed by atoms with van der Waals surface area (Å²) in [6.45, 7) is 1.66. The SMILES string of the molecule is CC(O)c1ccc(F)cc1I. The number of hydrogen-bond acceptors (Lipinski definition) is 1. The Morgan fingerprint density at radius 3 is 2.64 bits per heavy atom. The largest absolute Gasteiger partial charge is 0.389 e. The Morgan fingerprint density at radius 1 is 1.55 bits per heavy atom. The smallest absolute Gasteiger partial charge is 0.124 e. The van der Waals surface area contributed by atoms with Crippen molar-refractivity contribution in [1.29, 1.82) is 0 Å². The highest BCUT2D eigenvalue weighted by molar-refractivity contribution is 14.1. The zero-order chi connectivity index (χ0) is 8.43. The lowest BCUT2D eigenvalue weighted by atomic mass is 10.1. The Labute approximate surface area is 78.4 Å². The fourth-order valence-electron chi connectivity index (χ4n) is 0.840. The molecule has 1 nitrogen and oxygen atoms in total. The second-order valence-electron chi connectivity index (χ2n) is 2.34. The van der Waals surface area contributed by atoms with Crippen LogP contribution < -0.4 is 0 Å². The molecule has 60 valence electrons. The maximum absolute atomic E-state index is 12.5. The second kappa shape index (κ2) is 3.49. The third-order valence-electron chi connectivity index (χ3n) is 1.41. The maximum atomic E-state index is 12.5. The zero-order valence-corrected chi connectivity index (χ0v) is 8.17. The number of benzene rings is 1. The molecule has 11 heavy (non-hydrogen) atoms. The molecule has 1 rings (SSSR count). The van der Waals surface area contributed by atoms with Gasteiger partial charge in [-0.15, -0.1) is 0 Å². The Kier molecular flexibility index (Phi) is 2.84. The summed E-state index contributed by atoms with van der Waals surface area (Å²) in [6, 6.07) is 4.36. The van der Waals surface area contributed by atoms with Crippen LogP contribution in [0.5, 0.6) is 0 Å². The van der Waals surface area contributed by atoms with E-state index in [-0.39, 0.29) is 5.82 Å². The Hall–Kier alpha value is -0.160. The van der Waals surface area contributed by atoms with E-state index in [1.54, 1.807) is 13.0 Å². The first kappa shape index (κ1) is 8.93. The second-order valence-corrected chi connectivity index (χ2v) is 3.50. The molecule has 1 unspecified atom stereocenters. The van der Waals surface area contributed by atoms with Crippen LogP contribution in [0.2, 0.25) is 0 Å². The molecule has 0 saturated carbocycles. The number of halogens is 2. The van der Waals surface area contributed by atoms with Crippen LogP contribution in [-0.4, -0.2) is 5.11 Å². The molecule has 0 aliphatic heterocycles. The molecule has 0 amide bonds. The van der Waals surface area contributed by atoms with E-state index in [1.807, 2.05) is 22.6 Å². The van der Waals surface area contributed by atoms with Crippen LogP contribution in [0.15, 0.2) is 18.2 Å². The highest BCUT2D eigenvalue weighted by Crippen LogP contribution is 2.20. The van der Waals surface area contributed by atoms with Gasteiger partial charge in [0, 0.05) is 3.57 Å². The van der Waals surface area contributed by atoms with Crippen LogP contribution in [0, 0.1) is 9.39 Å². The third kappa shape index (κ3) is 2.13. The van der Waals surface area contributed by atoms with Gasteiger partial charge in [-0.3, -0.25) is 0 Å². The fraction of sp³-hybridized carbons (Fsp3) is 0.250. The van der Waals surface area contributed by atoms with Gasteiger partial charge >= 0.3 is 0 Å². The van der Waals surface area contributed by atoms with Crippen molar-refractivity contribution in [3.8, 4) is 0 Å². The van der Waals surface area contributed by atoms with E-state index >= 15 is 0 Å². The van der Waals surface area contributed by atoms with Crippen LogP contribution in [0.25, 0.3) is 0 Å². The summed E-state index contributed by atoms with van der Waals surface area (Å²) in [4.78, 5) is 0. The molecule has 0 aliphatic rings. The Bertz CT molecular complexity index is 260. The van der Waals surface area contributed by atoms with Crippen molar-refractivity contribution in [2.75, 3.05) is 0 Å². The van der Waals surface area contributed by atoms with Gasteiger partial charge in [0.1, 0.15) is 5.82 Å². The molecule has 1 atom stereocenters. The average molecular weight is 266 g/mol. The Morgan fingerprint density at radius 2 is 2.18 bits per heavy atom. The molecule has 0 fully saturated rings. The summed E-state index contributed by atoms with van der Waals surface area (Å²) in [7, 11) is 0. The first-order valence-electron chi connectivity index (χ1n) is 3.24. The van der Waals surface area contributed by atoms with E-state index in [9.17, 15) is 4.39 Å². The van der Waals surface area contributed by atoms with Gasteiger partial charge in [-0.1, -0.05) is 6.07 Å². The summed E-state index contributed by atoms with van der Waals surface area (Å²) in [5, 5.41) is 9.17. The van der Waals surface area contributed by atoms with Gasteiger partial charge in [0.25, 0.3) is 0 Å². The molecule has 0 spiro atoms. The van der Waals surface area contributed by atoms with E-state index in [0.717, 1.165) is 9.13 Å². The quantitative estimate of drug-likeness (QED) is 0.774. The molecule has 1 aromatic rings. The lowest BCUT2D eigenvalue weighted by Gasteiger charge is -2.06. The van der Waals surface area contributed by atoms with Gasteiger partial charge in [0.2, 0.25) is 0 Å². The predicted octanol–water partition coefficient (Wildman–Crippen LogP) is 2.48. The average Bonchev–Trinajstić information content (AvgIpc) is 1.85. The lowest BCUT2D eigenvalue weighted by molar-refractivity contribution is 0.198. The molecule has 3 heteroatoms. The topological polar surface area (TPSA) is 20.2 Å². The summed E-state index contributed by atoms with van der Waals surface area (Å²) >= 11 is 2.00. The van der Waals surface area contributed by atoms with Crippen LogP contribution in [0.3, 0.4) is 0 Å². The predicted molar refractivity (Wildman–Crippen MR) is 49.8 cm³/mol. The van der Waals surface area contributed by atoms with Crippen molar-refractivity contribution >= 4 is 22.6 Å². The van der Waals surface area contributed by atoms with Crippen molar-refractivity contribution in [3.63, 3.8) is 0 Å². The van der Waals surface area contributed by atoms with Gasteiger partial charge in [0.05, 0.1) is 6.10 Å². The van der Waals surface area contributed by atoms with Crippen LogP contribution in [0.4, 0.5) is 4.39 Å². The van der Waals surface area contributed by atoms with Gasteiger partial charge < -0.3 is 5.11 Å². The first-order valence-corrected chi connectivity index (χ1v) is 4.32. The van der Waals surface area contributed by atoms with Crippen molar-refractivity contribution in [3.05, 3.63) is 33.1 Å². The van der Waals surface area contributed by atoms with Crippen LogP contribution in [-0.2, 0) is 0 Å². The standard InChI is InChI=1S/C8H8FIO/c1-5(11)7-3-2-6(9)4-8(7)10/h2-5,11H,1H3. The highest BCUT2D eigenvalue weighted by atomic mass is 127. The molecule has 0 radical (unpaired) electrons. The zero-order valence-electron chi connectivity index (χ0n) is 6.01. The van der Waals surface area contributed by atoms with Gasteiger partial charge in [-0.25, -0.2) is 4.39 Å². The minimum atomic E-state index is -0.525. The minimum absolute atomic E-state index is 0.265. The summed E-state index contributed by atoms with van der Waals surface area (Å²) in [5.41, 5.74) is 0.770. The van der Waals surface area contributed by atoms with E-state index in [0.29, 0.717) is 0 Å². The molecule has 1 aromatic carbocycles. The van der Waals surface area contributed by atoms with Crippen molar-refractivity contribution in [2.45, 2.75) is 13.0 Å². The number of aliphatic hydroxyl groups is 1. The van der Waals surface area contributed by atoms with Crippen molar-refractivity contribution in [1.82, 2.24) is 0 Å². The van der Waals surface area contributed by atoms with Crippen molar-refractivity contribution in [2.24, 2.45) is 0 Å². The normalized spacial score (nSPS) is 13.1. The third-order valence-corrected chi connectivity index (χ3v) is 2.35. The molecule has 0 aromatic heterocycles. The number of rotatable bonds is 1. The minimum Gasteiger partial charge on any atom is -0.389 e. The molecule has 0 heterocycles. The highest BCUT2D eigenvalue weighted by Gasteiger charge is 2.05. The maximum Gasteiger partial charge on any atom is 0.124 e. The summed E-state index contributed by atoms with van der Waals surface area (Å²) < 4.78 is 13.3. The van der Waals surface area contributed by atoms with Gasteiger partial charge in [-0.2, -0.15) is 0 Å². The molecule has 0 saturated heterocycles. The molecular formula is C8H8FIO. The molecule has 1 N–H and O–H groups in total. The van der Waals surface area contributed by atoms with Crippen LogP contribution >= 0.6 is 22.6 Å². The monoisotopic (exact) mass is 266 g/mol. The van der Waals surface area contributed by atoms with E-state index in [1.165, 1.54) is 12.1 Å². The van der Waals surface area contributed by atoms with E-state index < -0.39 is 6.10 Å². The molecule has 0 bridgehead atoms. The van der Waals surface area contributed by atoms with Gasteiger partial charge in [0.15, 0.2) is 0 Å². The Balaban J connectivity index is 3.09.